The minimum Gasteiger partial charge on any atom is -0.368 e. The Hall–Kier alpha value is -3.13. The van der Waals surface area contributed by atoms with Crippen LogP contribution in [0.3, 0.4) is 0 Å². The highest BCUT2D eigenvalue weighted by Crippen LogP contribution is 2.25. The van der Waals surface area contributed by atoms with Gasteiger partial charge in [0, 0.05) is 63.2 Å². The van der Waals surface area contributed by atoms with Crippen LogP contribution in [0.25, 0.3) is 11.2 Å². The fraction of sp³-hybridized carbons (Fsp3) is 0.417. The van der Waals surface area contributed by atoms with Crippen molar-refractivity contribution in [2.24, 2.45) is 13.0 Å². The van der Waals surface area contributed by atoms with Gasteiger partial charge in [-0.15, -0.1) is 0 Å². The van der Waals surface area contributed by atoms with E-state index in [4.69, 9.17) is 11.6 Å². The lowest BCUT2D eigenvalue weighted by Gasteiger charge is -2.40. The molecule has 0 bridgehead atoms. The number of fused-ring (bicyclic) bond motifs is 1. The summed E-state index contributed by atoms with van der Waals surface area (Å²) in [6.07, 6.45) is 3.35. The first kappa shape index (κ1) is 21.7. The highest BCUT2D eigenvalue weighted by atomic mass is 35.5. The molecule has 33 heavy (non-hydrogen) atoms. The molecule has 5 rings (SSSR count). The van der Waals surface area contributed by atoms with Gasteiger partial charge in [-0.3, -0.25) is 14.2 Å². The molecular weight excluding hydrogens is 440 g/mol. The van der Waals surface area contributed by atoms with Gasteiger partial charge in [0.1, 0.15) is 5.52 Å². The molecule has 0 saturated carbocycles. The van der Waals surface area contributed by atoms with Crippen LogP contribution in [0.15, 0.2) is 47.4 Å². The molecule has 1 atom stereocenters. The number of hydrogen-bond acceptors (Lipinski definition) is 6. The third-order valence-corrected chi connectivity index (χ3v) is 6.88. The number of nitrogens with zero attached hydrogens (tertiary/aromatic N) is 6. The molecule has 9 heteroatoms. The van der Waals surface area contributed by atoms with Crippen LogP contribution in [0.5, 0.6) is 0 Å². The molecule has 0 spiro atoms. The van der Waals surface area contributed by atoms with E-state index in [2.05, 4.69) is 20.9 Å². The Kier molecular flexibility index (Phi) is 5.93. The van der Waals surface area contributed by atoms with Gasteiger partial charge in [-0.2, -0.15) is 0 Å². The predicted octanol–water partition coefficient (Wildman–Crippen LogP) is 2.55. The second-order valence-electron chi connectivity index (χ2n) is 8.72. The maximum absolute atomic E-state index is 13.3. The van der Waals surface area contributed by atoms with Crippen LogP contribution in [-0.4, -0.2) is 64.6 Å². The summed E-state index contributed by atoms with van der Waals surface area (Å²) in [5.74, 6) is 0.443. The molecule has 0 N–H and O–H groups in total. The third kappa shape index (κ3) is 4.27. The molecule has 2 aliphatic heterocycles. The number of carbonyl (C=O) groups excluding carboxylic acids is 1. The van der Waals surface area contributed by atoms with Crippen molar-refractivity contribution in [2.45, 2.75) is 12.8 Å². The minimum absolute atomic E-state index is 0.132. The SMILES string of the molecule is Cn1c(=O)c(N2CCC[C@H](C(=O)N3CCN(c4cccc(Cl)c4)CC3)C2)nc2cccnc21. The van der Waals surface area contributed by atoms with E-state index in [9.17, 15) is 9.59 Å². The Morgan fingerprint density at radius 2 is 1.88 bits per heavy atom. The molecule has 2 saturated heterocycles. The summed E-state index contributed by atoms with van der Waals surface area (Å²) < 4.78 is 1.54. The maximum Gasteiger partial charge on any atom is 0.294 e. The fourth-order valence-corrected chi connectivity index (χ4v) is 5.02. The van der Waals surface area contributed by atoms with Crippen molar-refractivity contribution < 1.29 is 4.79 Å². The number of carbonyl (C=O) groups is 1. The lowest BCUT2D eigenvalue weighted by molar-refractivity contribution is -0.136. The molecule has 172 valence electrons. The van der Waals surface area contributed by atoms with Crippen LogP contribution in [0.4, 0.5) is 11.5 Å². The van der Waals surface area contributed by atoms with Gasteiger partial charge in [-0.1, -0.05) is 17.7 Å². The van der Waals surface area contributed by atoms with Crippen molar-refractivity contribution in [3.8, 4) is 0 Å². The highest BCUT2D eigenvalue weighted by molar-refractivity contribution is 6.30. The molecule has 0 aliphatic carbocycles. The van der Waals surface area contributed by atoms with Gasteiger partial charge in [0.2, 0.25) is 5.91 Å². The molecular formula is C24H27ClN6O2. The largest absolute Gasteiger partial charge is 0.368 e. The normalized spacial score (nSPS) is 19.2. The summed E-state index contributed by atoms with van der Waals surface area (Å²) in [4.78, 5) is 41.4. The van der Waals surface area contributed by atoms with Gasteiger partial charge < -0.3 is 14.7 Å². The lowest BCUT2D eigenvalue weighted by atomic mass is 9.96. The zero-order valence-corrected chi connectivity index (χ0v) is 19.4. The van der Waals surface area contributed by atoms with Crippen LogP contribution in [0.2, 0.25) is 5.02 Å². The van der Waals surface area contributed by atoms with Gasteiger partial charge in [0.15, 0.2) is 11.5 Å². The molecule has 2 aromatic heterocycles. The Bertz CT molecular complexity index is 1240. The van der Waals surface area contributed by atoms with E-state index in [-0.39, 0.29) is 17.4 Å². The van der Waals surface area contributed by atoms with E-state index in [0.29, 0.717) is 36.6 Å². The number of piperidine rings is 1. The van der Waals surface area contributed by atoms with Gasteiger partial charge >= 0.3 is 0 Å². The summed E-state index contributed by atoms with van der Waals surface area (Å²) in [7, 11) is 1.72. The lowest BCUT2D eigenvalue weighted by Crippen LogP contribution is -2.53. The molecule has 0 unspecified atom stereocenters. The number of rotatable bonds is 3. The molecule has 1 aromatic carbocycles. The predicted molar refractivity (Wildman–Crippen MR) is 130 cm³/mol. The first-order valence-corrected chi connectivity index (χ1v) is 11.7. The number of pyridine rings is 1. The summed E-state index contributed by atoms with van der Waals surface area (Å²) in [5, 5.41) is 0.720. The number of anilines is 2. The van der Waals surface area contributed by atoms with Crippen LogP contribution in [0.1, 0.15) is 12.8 Å². The van der Waals surface area contributed by atoms with E-state index in [0.717, 1.165) is 43.2 Å². The molecule has 3 aromatic rings. The van der Waals surface area contributed by atoms with Gasteiger partial charge in [0.05, 0.1) is 5.92 Å². The standard InChI is InChI=1S/C24H27ClN6O2/c1-28-21-20(8-3-9-26-21)27-22(24(28)33)31-10-4-5-17(16-31)23(32)30-13-11-29(12-14-30)19-7-2-6-18(25)15-19/h2-3,6-9,15,17H,4-5,10-14,16H2,1H3/t17-/m0/s1. The average Bonchev–Trinajstić information content (AvgIpc) is 2.86. The summed E-state index contributed by atoms with van der Waals surface area (Å²) in [5.41, 5.74) is 2.16. The van der Waals surface area contributed by atoms with Crippen molar-refractivity contribution in [3.05, 3.63) is 58.0 Å². The smallest absolute Gasteiger partial charge is 0.294 e. The minimum atomic E-state index is -0.176. The average molecular weight is 467 g/mol. The molecule has 2 aliphatic rings. The van der Waals surface area contributed by atoms with E-state index in [1.165, 1.54) is 4.57 Å². The first-order chi connectivity index (χ1) is 16.0. The monoisotopic (exact) mass is 466 g/mol. The first-order valence-electron chi connectivity index (χ1n) is 11.4. The zero-order valence-electron chi connectivity index (χ0n) is 18.7. The summed E-state index contributed by atoms with van der Waals surface area (Å²) in [6, 6.07) is 11.5. The van der Waals surface area contributed by atoms with Gasteiger partial charge in [-0.05, 0) is 43.2 Å². The number of amides is 1. The number of benzene rings is 1. The van der Waals surface area contributed by atoms with Crippen molar-refractivity contribution in [1.82, 2.24) is 19.4 Å². The zero-order chi connectivity index (χ0) is 22.9. The Morgan fingerprint density at radius 3 is 2.67 bits per heavy atom. The molecule has 4 heterocycles. The quantitative estimate of drug-likeness (QED) is 0.590. The van der Waals surface area contributed by atoms with Crippen LogP contribution in [0, 0.1) is 5.92 Å². The van der Waals surface area contributed by atoms with Crippen LogP contribution >= 0.6 is 11.6 Å². The van der Waals surface area contributed by atoms with Gasteiger partial charge in [0.25, 0.3) is 5.56 Å². The van der Waals surface area contributed by atoms with E-state index < -0.39 is 0 Å². The second-order valence-corrected chi connectivity index (χ2v) is 9.16. The van der Waals surface area contributed by atoms with E-state index in [1.807, 2.05) is 40.1 Å². The number of piperazine rings is 1. The Labute approximate surface area is 197 Å². The molecule has 8 nitrogen and oxygen atoms in total. The highest BCUT2D eigenvalue weighted by Gasteiger charge is 2.32. The van der Waals surface area contributed by atoms with Crippen molar-refractivity contribution in [1.29, 1.82) is 0 Å². The second kappa shape index (κ2) is 9.02. The molecule has 2 fully saturated rings. The summed E-state index contributed by atoms with van der Waals surface area (Å²) >= 11 is 6.13. The number of halogens is 1. The van der Waals surface area contributed by atoms with E-state index >= 15 is 0 Å². The van der Waals surface area contributed by atoms with Crippen LogP contribution in [-0.2, 0) is 11.8 Å². The van der Waals surface area contributed by atoms with Crippen molar-refractivity contribution in [2.75, 3.05) is 49.1 Å². The van der Waals surface area contributed by atoms with E-state index in [1.54, 1.807) is 13.2 Å². The number of aryl methyl sites for hydroxylation is 1. The topological polar surface area (TPSA) is 74.6 Å². The van der Waals surface area contributed by atoms with Crippen molar-refractivity contribution in [3.63, 3.8) is 0 Å². The van der Waals surface area contributed by atoms with Crippen LogP contribution < -0.4 is 15.4 Å². The third-order valence-electron chi connectivity index (χ3n) is 6.64. The summed E-state index contributed by atoms with van der Waals surface area (Å²) in [6.45, 7) is 4.17. The fourth-order valence-electron chi connectivity index (χ4n) is 4.84. The molecule has 0 radical (unpaired) electrons. The number of hydrogen-bond donors (Lipinski definition) is 0. The van der Waals surface area contributed by atoms with Crippen molar-refractivity contribution >= 4 is 40.2 Å². The van der Waals surface area contributed by atoms with Gasteiger partial charge in [-0.25, -0.2) is 9.97 Å². The number of aromatic nitrogens is 3. The Morgan fingerprint density at radius 1 is 1.06 bits per heavy atom. The molecule has 1 amide bonds. The maximum atomic E-state index is 13.3. The Balaban J connectivity index is 1.28.